The average Bonchev–Trinajstić information content (AvgIpc) is 3.70. The van der Waals surface area contributed by atoms with Crippen molar-refractivity contribution < 1.29 is 24.1 Å². The van der Waals surface area contributed by atoms with Gasteiger partial charge in [0.05, 0.1) is 32.8 Å². The topological polar surface area (TPSA) is 80.3 Å². The zero-order chi connectivity index (χ0) is 23.9. The van der Waals surface area contributed by atoms with Crippen molar-refractivity contribution in [3.8, 4) is 11.5 Å². The largest absolute Gasteiger partial charge is 0.508 e. The molecule has 1 saturated heterocycles. The summed E-state index contributed by atoms with van der Waals surface area (Å²) in [5, 5.41) is 13.4. The first-order chi connectivity index (χ1) is 16.6. The smallest absolute Gasteiger partial charge is 0.228 e. The van der Waals surface area contributed by atoms with Crippen molar-refractivity contribution in [2.24, 2.45) is 5.92 Å². The molecule has 1 heterocycles. The number of carbonyl (C=O) groups is 1. The van der Waals surface area contributed by atoms with Crippen LogP contribution in [0.25, 0.3) is 0 Å². The molecule has 2 aromatic rings. The number of nitrogens with zero attached hydrogens (tertiary/aromatic N) is 1. The molecule has 0 bridgehead atoms. The van der Waals surface area contributed by atoms with Gasteiger partial charge in [-0.25, -0.2) is 0 Å². The van der Waals surface area contributed by atoms with Gasteiger partial charge in [0, 0.05) is 26.2 Å². The highest BCUT2D eigenvalue weighted by Gasteiger charge is 2.40. The van der Waals surface area contributed by atoms with Gasteiger partial charge in [-0.2, -0.15) is 0 Å². The second-order valence-corrected chi connectivity index (χ2v) is 9.23. The van der Waals surface area contributed by atoms with E-state index in [1.807, 2.05) is 24.3 Å². The van der Waals surface area contributed by atoms with Crippen LogP contribution in [-0.2, 0) is 27.4 Å². The summed E-state index contributed by atoms with van der Waals surface area (Å²) in [7, 11) is 3.31. The molecule has 0 unspecified atom stereocenters. The number of phenolic OH excluding ortho intramolecular Hbond substituents is 1. The number of phenols is 1. The maximum Gasteiger partial charge on any atom is 0.228 e. The minimum atomic E-state index is -0.154. The maximum absolute atomic E-state index is 13.9. The minimum Gasteiger partial charge on any atom is -0.508 e. The van der Waals surface area contributed by atoms with Crippen LogP contribution in [0.2, 0.25) is 0 Å². The molecule has 2 N–H and O–H groups in total. The Labute approximate surface area is 202 Å². The number of amides is 1. The van der Waals surface area contributed by atoms with Gasteiger partial charge in [0.25, 0.3) is 0 Å². The lowest BCUT2D eigenvalue weighted by atomic mass is 9.80. The normalized spacial score (nSPS) is 20.2. The number of hydrogen-bond acceptors (Lipinski definition) is 6. The van der Waals surface area contributed by atoms with Crippen LogP contribution in [-0.4, -0.2) is 62.5 Å². The van der Waals surface area contributed by atoms with Gasteiger partial charge < -0.3 is 29.5 Å². The Kier molecular flexibility index (Phi) is 8.43. The fourth-order valence-electron chi connectivity index (χ4n) is 4.81. The van der Waals surface area contributed by atoms with Gasteiger partial charge in [-0.3, -0.25) is 4.79 Å². The molecule has 0 spiro atoms. The molecule has 1 saturated carbocycles. The predicted octanol–water partition coefficient (Wildman–Crippen LogP) is 3.45. The molecule has 1 amide bonds. The summed E-state index contributed by atoms with van der Waals surface area (Å²) in [6.45, 7) is 3.62. The molecule has 2 aliphatic rings. The van der Waals surface area contributed by atoms with Gasteiger partial charge in [0.15, 0.2) is 0 Å². The number of benzene rings is 2. The zero-order valence-corrected chi connectivity index (χ0v) is 20.2. The number of aromatic hydroxyl groups is 1. The highest BCUT2D eigenvalue weighted by atomic mass is 16.5. The molecule has 2 atom stereocenters. The summed E-state index contributed by atoms with van der Waals surface area (Å²) in [5.74, 6) is 1.14. The van der Waals surface area contributed by atoms with Gasteiger partial charge in [0.2, 0.25) is 5.91 Å². The Morgan fingerprint density at radius 2 is 1.91 bits per heavy atom. The SMILES string of the molecule is COCCOCc1cc(CN(C(=O)[C@H]2CNCC[C@@H]2c2cccc(O)c2)C2CC2)cc(OC)c1. The van der Waals surface area contributed by atoms with E-state index in [9.17, 15) is 9.90 Å². The lowest BCUT2D eigenvalue weighted by Gasteiger charge is -2.36. The third kappa shape index (κ3) is 6.29. The van der Waals surface area contributed by atoms with E-state index < -0.39 is 0 Å². The monoisotopic (exact) mass is 468 g/mol. The quantitative estimate of drug-likeness (QED) is 0.492. The molecule has 34 heavy (non-hydrogen) atoms. The fraction of sp³-hybridized carbons (Fsp3) is 0.519. The number of piperidine rings is 1. The van der Waals surface area contributed by atoms with Crippen LogP contribution in [0.15, 0.2) is 42.5 Å². The molecular weight excluding hydrogens is 432 g/mol. The van der Waals surface area contributed by atoms with Crippen LogP contribution in [0.1, 0.15) is 41.9 Å². The molecule has 2 fully saturated rings. The number of nitrogens with one attached hydrogen (secondary N) is 1. The predicted molar refractivity (Wildman–Crippen MR) is 130 cm³/mol. The second kappa shape index (κ2) is 11.7. The third-order valence-corrected chi connectivity index (χ3v) is 6.68. The second-order valence-electron chi connectivity index (χ2n) is 9.23. The van der Waals surface area contributed by atoms with Gasteiger partial charge in [-0.1, -0.05) is 18.2 Å². The van der Waals surface area contributed by atoms with Gasteiger partial charge in [-0.15, -0.1) is 0 Å². The van der Waals surface area contributed by atoms with Crippen molar-refractivity contribution in [1.29, 1.82) is 0 Å². The number of rotatable bonds is 11. The lowest BCUT2D eigenvalue weighted by Crippen LogP contribution is -2.47. The van der Waals surface area contributed by atoms with E-state index in [0.29, 0.717) is 32.9 Å². The molecule has 4 rings (SSSR count). The van der Waals surface area contributed by atoms with Crippen LogP contribution in [0, 0.1) is 5.92 Å². The molecule has 0 aromatic heterocycles. The van der Waals surface area contributed by atoms with Gasteiger partial charge in [0.1, 0.15) is 11.5 Å². The Morgan fingerprint density at radius 1 is 1.09 bits per heavy atom. The van der Waals surface area contributed by atoms with Crippen molar-refractivity contribution in [1.82, 2.24) is 10.2 Å². The first kappa shape index (κ1) is 24.5. The Bertz CT molecular complexity index is 962. The van der Waals surface area contributed by atoms with Crippen LogP contribution >= 0.6 is 0 Å². The van der Waals surface area contributed by atoms with Crippen molar-refractivity contribution in [3.63, 3.8) is 0 Å². The number of hydrogen-bond donors (Lipinski definition) is 2. The summed E-state index contributed by atoms with van der Waals surface area (Å²) in [4.78, 5) is 15.9. The van der Waals surface area contributed by atoms with E-state index in [-0.39, 0.29) is 29.5 Å². The van der Waals surface area contributed by atoms with E-state index in [1.165, 1.54) is 0 Å². The van der Waals surface area contributed by atoms with E-state index in [0.717, 1.165) is 48.2 Å². The van der Waals surface area contributed by atoms with E-state index in [4.69, 9.17) is 14.2 Å². The van der Waals surface area contributed by atoms with Crippen LogP contribution < -0.4 is 10.1 Å². The van der Waals surface area contributed by atoms with E-state index in [2.05, 4.69) is 16.3 Å². The summed E-state index contributed by atoms with van der Waals surface area (Å²) >= 11 is 0. The first-order valence-electron chi connectivity index (χ1n) is 12.1. The molecule has 7 nitrogen and oxygen atoms in total. The summed E-state index contributed by atoms with van der Waals surface area (Å²) in [6.07, 6.45) is 2.96. The molecule has 1 aliphatic heterocycles. The molecule has 184 valence electrons. The van der Waals surface area contributed by atoms with Crippen molar-refractivity contribution >= 4 is 5.91 Å². The van der Waals surface area contributed by atoms with Crippen LogP contribution in [0.5, 0.6) is 11.5 Å². The van der Waals surface area contributed by atoms with Gasteiger partial charge in [-0.05, 0) is 72.7 Å². The summed E-state index contributed by atoms with van der Waals surface area (Å²) in [6, 6.07) is 13.7. The van der Waals surface area contributed by atoms with E-state index >= 15 is 0 Å². The highest BCUT2D eigenvalue weighted by molar-refractivity contribution is 5.81. The molecule has 1 aliphatic carbocycles. The average molecular weight is 469 g/mol. The minimum absolute atomic E-state index is 0.0946. The fourth-order valence-corrected chi connectivity index (χ4v) is 4.81. The van der Waals surface area contributed by atoms with Crippen molar-refractivity contribution in [2.75, 3.05) is 40.5 Å². The van der Waals surface area contributed by atoms with E-state index in [1.54, 1.807) is 26.4 Å². The van der Waals surface area contributed by atoms with Crippen LogP contribution in [0.3, 0.4) is 0 Å². The summed E-state index contributed by atoms with van der Waals surface area (Å²) < 4.78 is 16.3. The maximum atomic E-state index is 13.9. The number of carbonyl (C=O) groups excluding carboxylic acids is 1. The third-order valence-electron chi connectivity index (χ3n) is 6.68. The summed E-state index contributed by atoms with van der Waals surface area (Å²) in [5.41, 5.74) is 3.10. The number of methoxy groups -OCH3 is 2. The number of ether oxygens (including phenoxy) is 3. The first-order valence-corrected chi connectivity index (χ1v) is 12.1. The lowest BCUT2D eigenvalue weighted by molar-refractivity contribution is -0.138. The Balaban J connectivity index is 1.52. The Hall–Kier alpha value is -2.61. The zero-order valence-electron chi connectivity index (χ0n) is 20.2. The standard InChI is InChI=1S/C27H36N2O5/c1-32-10-11-34-18-20-12-19(13-24(14-20)33-2)17-29(22-6-7-22)27(31)26-16-28-9-8-25(26)21-4-3-5-23(30)15-21/h3-5,12-15,22,25-26,28,30H,6-11,16-18H2,1-2H3/t25-,26+/m1/s1. The Morgan fingerprint density at radius 3 is 2.65 bits per heavy atom. The molecule has 2 aromatic carbocycles. The van der Waals surface area contributed by atoms with Crippen molar-refractivity contribution in [2.45, 2.75) is 44.4 Å². The molecule has 0 radical (unpaired) electrons. The molecular formula is C27H36N2O5. The van der Waals surface area contributed by atoms with Crippen molar-refractivity contribution in [3.05, 3.63) is 59.2 Å². The van der Waals surface area contributed by atoms with Crippen LogP contribution in [0.4, 0.5) is 0 Å². The van der Waals surface area contributed by atoms with Gasteiger partial charge >= 0.3 is 0 Å². The highest BCUT2D eigenvalue weighted by Crippen LogP contribution is 2.37. The molecule has 7 heteroatoms.